The Bertz CT molecular complexity index is 304. The topological polar surface area (TPSA) is 31.2 Å². The summed E-state index contributed by atoms with van der Waals surface area (Å²) in [4.78, 5) is 13.7. The molecule has 0 aromatic rings. The normalized spacial score (nSPS) is 14.6. The highest BCUT2D eigenvalue weighted by Crippen LogP contribution is 2.13. The van der Waals surface area contributed by atoms with Gasteiger partial charge in [-0.1, -0.05) is 0 Å². The van der Waals surface area contributed by atoms with Gasteiger partial charge in [0.2, 0.25) is 0 Å². The van der Waals surface area contributed by atoms with E-state index in [1.54, 1.807) is 0 Å². The second-order valence-corrected chi connectivity index (χ2v) is 7.36. The van der Waals surface area contributed by atoms with E-state index in [9.17, 15) is 0 Å². The maximum Gasteiger partial charge on any atom is 0.107 e. The van der Waals surface area contributed by atoms with E-state index in [1.165, 1.54) is 0 Å². The SMILES string of the molecule is CN(C)C(CC(=NC(C)(C)C)N(C)C)=NC(C)(C)C. The van der Waals surface area contributed by atoms with E-state index in [1.807, 2.05) is 28.2 Å². The number of rotatable bonds is 2. The Labute approximate surface area is 119 Å². The number of nitrogens with zero attached hydrogens (tertiary/aromatic N) is 4. The van der Waals surface area contributed by atoms with E-state index in [2.05, 4.69) is 51.3 Å². The summed E-state index contributed by atoms with van der Waals surface area (Å²) < 4.78 is 0. The van der Waals surface area contributed by atoms with Crippen molar-refractivity contribution in [1.29, 1.82) is 0 Å². The Hall–Kier alpha value is -1.06. The van der Waals surface area contributed by atoms with Crippen LogP contribution in [0.15, 0.2) is 9.98 Å². The molecule has 0 unspecified atom stereocenters. The van der Waals surface area contributed by atoms with Gasteiger partial charge in [0, 0.05) is 28.2 Å². The van der Waals surface area contributed by atoms with Gasteiger partial charge in [-0.05, 0) is 41.5 Å². The summed E-state index contributed by atoms with van der Waals surface area (Å²) in [5, 5.41) is 0. The Morgan fingerprint density at radius 2 is 0.947 bits per heavy atom. The molecule has 112 valence electrons. The van der Waals surface area contributed by atoms with Gasteiger partial charge in [0.15, 0.2) is 0 Å². The standard InChI is InChI=1S/C15H32N4/c1-14(2,3)16-12(18(7)8)11-13(19(9)10)17-15(4,5)6/h11H2,1-10H3. The summed E-state index contributed by atoms with van der Waals surface area (Å²) in [6, 6.07) is 0. The van der Waals surface area contributed by atoms with Crippen LogP contribution in [-0.4, -0.2) is 60.7 Å². The molecule has 0 fully saturated rings. The molecular weight excluding hydrogens is 236 g/mol. The minimum atomic E-state index is -0.0707. The molecule has 0 saturated carbocycles. The van der Waals surface area contributed by atoms with Crippen LogP contribution in [-0.2, 0) is 0 Å². The van der Waals surface area contributed by atoms with E-state index in [-0.39, 0.29) is 11.1 Å². The van der Waals surface area contributed by atoms with Crippen molar-refractivity contribution < 1.29 is 0 Å². The first kappa shape index (κ1) is 17.9. The minimum absolute atomic E-state index is 0.0707. The molecule has 0 saturated heterocycles. The summed E-state index contributed by atoms with van der Waals surface area (Å²) >= 11 is 0. The fourth-order valence-corrected chi connectivity index (χ4v) is 1.51. The summed E-state index contributed by atoms with van der Waals surface area (Å²) in [7, 11) is 8.15. The van der Waals surface area contributed by atoms with Crippen molar-refractivity contribution in [2.75, 3.05) is 28.2 Å². The lowest BCUT2D eigenvalue weighted by atomic mass is 10.1. The van der Waals surface area contributed by atoms with Crippen molar-refractivity contribution >= 4 is 11.7 Å². The third kappa shape index (κ3) is 8.62. The number of hydrogen-bond donors (Lipinski definition) is 0. The molecule has 0 atom stereocenters. The molecule has 0 amide bonds. The zero-order chi connectivity index (χ0) is 15.4. The summed E-state index contributed by atoms with van der Waals surface area (Å²) in [5.41, 5.74) is -0.141. The van der Waals surface area contributed by atoms with Crippen LogP contribution in [0.1, 0.15) is 48.0 Å². The highest BCUT2D eigenvalue weighted by molar-refractivity contribution is 6.02. The van der Waals surface area contributed by atoms with Crippen molar-refractivity contribution in [3.8, 4) is 0 Å². The third-order valence-corrected chi connectivity index (χ3v) is 2.28. The molecule has 0 aromatic heterocycles. The molecule has 0 rings (SSSR count). The lowest BCUT2D eigenvalue weighted by Crippen LogP contribution is -2.34. The summed E-state index contributed by atoms with van der Waals surface area (Å²) in [5.74, 6) is 2.12. The summed E-state index contributed by atoms with van der Waals surface area (Å²) in [6.07, 6.45) is 0.758. The highest BCUT2D eigenvalue weighted by Gasteiger charge is 2.17. The van der Waals surface area contributed by atoms with Gasteiger partial charge in [-0.25, -0.2) is 0 Å². The zero-order valence-corrected chi connectivity index (χ0v) is 14.5. The van der Waals surface area contributed by atoms with Gasteiger partial charge in [-0.15, -0.1) is 0 Å². The fourth-order valence-electron chi connectivity index (χ4n) is 1.51. The number of hydrogen-bond acceptors (Lipinski definition) is 2. The number of amidine groups is 2. The molecule has 0 aliphatic carbocycles. The molecule has 4 heteroatoms. The lowest BCUT2D eigenvalue weighted by Gasteiger charge is -2.26. The molecule has 0 heterocycles. The molecular formula is C15H32N4. The van der Waals surface area contributed by atoms with Gasteiger partial charge in [-0.3, -0.25) is 9.98 Å². The molecule has 0 N–H and O–H groups in total. The molecule has 0 radical (unpaired) electrons. The second-order valence-electron chi connectivity index (χ2n) is 7.36. The smallest absolute Gasteiger partial charge is 0.107 e. The Morgan fingerprint density at radius 1 is 0.684 bits per heavy atom. The largest absolute Gasteiger partial charge is 0.366 e. The van der Waals surface area contributed by atoms with Gasteiger partial charge in [0.1, 0.15) is 11.7 Å². The molecule has 0 bridgehead atoms. The van der Waals surface area contributed by atoms with Gasteiger partial charge >= 0.3 is 0 Å². The highest BCUT2D eigenvalue weighted by atomic mass is 15.2. The van der Waals surface area contributed by atoms with Crippen LogP contribution in [0.3, 0.4) is 0 Å². The first-order valence-corrected chi connectivity index (χ1v) is 6.84. The van der Waals surface area contributed by atoms with Gasteiger partial charge < -0.3 is 9.80 Å². The van der Waals surface area contributed by atoms with Crippen LogP contribution in [0.2, 0.25) is 0 Å². The van der Waals surface area contributed by atoms with Crippen molar-refractivity contribution in [2.45, 2.75) is 59.0 Å². The molecule has 4 nitrogen and oxygen atoms in total. The molecule has 19 heavy (non-hydrogen) atoms. The van der Waals surface area contributed by atoms with E-state index < -0.39 is 0 Å². The Balaban J connectivity index is 5.32. The molecule has 0 aliphatic heterocycles. The van der Waals surface area contributed by atoms with Crippen molar-refractivity contribution in [3.05, 3.63) is 0 Å². The predicted molar refractivity (Wildman–Crippen MR) is 86.4 cm³/mol. The third-order valence-electron chi connectivity index (χ3n) is 2.28. The van der Waals surface area contributed by atoms with Gasteiger partial charge in [-0.2, -0.15) is 0 Å². The van der Waals surface area contributed by atoms with Gasteiger partial charge in [0.05, 0.1) is 17.5 Å². The average molecular weight is 268 g/mol. The van der Waals surface area contributed by atoms with Crippen LogP contribution in [0, 0.1) is 0 Å². The van der Waals surface area contributed by atoms with E-state index in [0.717, 1.165) is 18.1 Å². The van der Waals surface area contributed by atoms with Crippen molar-refractivity contribution in [3.63, 3.8) is 0 Å². The summed E-state index contributed by atoms with van der Waals surface area (Å²) in [6.45, 7) is 12.7. The maximum atomic E-state index is 4.80. The van der Waals surface area contributed by atoms with Crippen LogP contribution >= 0.6 is 0 Å². The van der Waals surface area contributed by atoms with Crippen LogP contribution in [0.4, 0.5) is 0 Å². The number of aliphatic imine (C=N–C) groups is 2. The molecule has 0 spiro atoms. The molecule has 0 aromatic carbocycles. The van der Waals surface area contributed by atoms with Crippen LogP contribution < -0.4 is 0 Å². The Kier molecular flexibility index (Phi) is 6.04. The predicted octanol–water partition coefficient (Wildman–Crippen LogP) is 2.89. The van der Waals surface area contributed by atoms with Crippen molar-refractivity contribution in [2.24, 2.45) is 9.98 Å². The van der Waals surface area contributed by atoms with Crippen molar-refractivity contribution in [1.82, 2.24) is 9.80 Å². The first-order chi connectivity index (χ1) is 8.32. The lowest BCUT2D eigenvalue weighted by molar-refractivity contribution is 0.525. The van der Waals surface area contributed by atoms with E-state index in [4.69, 9.17) is 9.98 Å². The van der Waals surface area contributed by atoms with Crippen LogP contribution in [0.25, 0.3) is 0 Å². The Morgan fingerprint density at radius 3 is 1.11 bits per heavy atom. The molecule has 0 aliphatic rings. The maximum absolute atomic E-state index is 4.80. The fraction of sp³-hybridized carbons (Fsp3) is 0.867. The van der Waals surface area contributed by atoms with Crippen LogP contribution in [0.5, 0.6) is 0 Å². The quantitative estimate of drug-likeness (QED) is 0.569. The van der Waals surface area contributed by atoms with Gasteiger partial charge in [0.25, 0.3) is 0 Å². The van der Waals surface area contributed by atoms with E-state index >= 15 is 0 Å². The minimum Gasteiger partial charge on any atom is -0.366 e. The average Bonchev–Trinajstić information content (AvgIpc) is 2.10. The second kappa shape index (κ2) is 6.40. The monoisotopic (exact) mass is 268 g/mol. The first-order valence-electron chi connectivity index (χ1n) is 6.84. The zero-order valence-electron chi connectivity index (χ0n) is 14.5. The van der Waals surface area contributed by atoms with E-state index in [0.29, 0.717) is 0 Å².